The first kappa shape index (κ1) is 13.6. The van der Waals surface area contributed by atoms with Gasteiger partial charge in [0.05, 0.1) is 5.56 Å². The van der Waals surface area contributed by atoms with E-state index in [1.807, 2.05) is 12.1 Å². The van der Waals surface area contributed by atoms with Crippen molar-refractivity contribution in [2.24, 2.45) is 0 Å². The van der Waals surface area contributed by atoms with E-state index in [0.717, 1.165) is 30.7 Å². The number of hydrogen-bond donors (Lipinski definition) is 3. The standard InChI is InChI=1S/C16H15FN2O2/c17-11-4-5-15(20)12(8-11)16(21)19-14-3-1-2-10-6-7-18-9-13(10)14/h1-5,8,18,20H,6-7,9H2,(H,19,21). The number of amides is 1. The van der Waals surface area contributed by atoms with Crippen molar-refractivity contribution in [3.05, 3.63) is 58.9 Å². The number of phenolic OH excluding ortho intramolecular Hbond substituents is 1. The lowest BCUT2D eigenvalue weighted by Gasteiger charge is -2.20. The van der Waals surface area contributed by atoms with Crippen LogP contribution in [0.3, 0.4) is 0 Å². The van der Waals surface area contributed by atoms with Gasteiger partial charge in [-0.15, -0.1) is 0 Å². The van der Waals surface area contributed by atoms with Crippen LogP contribution in [0, 0.1) is 5.82 Å². The molecule has 0 fully saturated rings. The summed E-state index contributed by atoms with van der Waals surface area (Å²) in [4.78, 5) is 12.2. The van der Waals surface area contributed by atoms with Gasteiger partial charge in [0.2, 0.25) is 0 Å². The second-order valence-corrected chi connectivity index (χ2v) is 4.99. The second kappa shape index (κ2) is 5.54. The van der Waals surface area contributed by atoms with Crippen molar-refractivity contribution >= 4 is 11.6 Å². The number of fused-ring (bicyclic) bond motifs is 1. The fraction of sp³-hybridized carbons (Fsp3) is 0.188. The summed E-state index contributed by atoms with van der Waals surface area (Å²) in [5.74, 6) is -1.32. The van der Waals surface area contributed by atoms with Crippen molar-refractivity contribution in [2.75, 3.05) is 11.9 Å². The molecule has 0 atom stereocenters. The molecule has 4 nitrogen and oxygen atoms in total. The molecular formula is C16H15FN2O2. The lowest BCUT2D eigenvalue weighted by atomic mass is 9.99. The zero-order valence-electron chi connectivity index (χ0n) is 11.3. The number of rotatable bonds is 2. The molecule has 0 radical (unpaired) electrons. The highest BCUT2D eigenvalue weighted by atomic mass is 19.1. The van der Waals surface area contributed by atoms with Crippen LogP contribution in [0.1, 0.15) is 21.5 Å². The first-order chi connectivity index (χ1) is 10.1. The van der Waals surface area contributed by atoms with E-state index in [2.05, 4.69) is 10.6 Å². The lowest BCUT2D eigenvalue weighted by Crippen LogP contribution is -2.25. The van der Waals surface area contributed by atoms with E-state index in [4.69, 9.17) is 0 Å². The number of aromatic hydroxyl groups is 1. The number of anilines is 1. The van der Waals surface area contributed by atoms with Crippen molar-refractivity contribution in [3.8, 4) is 5.75 Å². The predicted molar refractivity (Wildman–Crippen MR) is 77.9 cm³/mol. The lowest BCUT2D eigenvalue weighted by molar-refractivity contribution is 0.102. The van der Waals surface area contributed by atoms with Gasteiger partial charge >= 0.3 is 0 Å². The van der Waals surface area contributed by atoms with Crippen LogP contribution in [0.4, 0.5) is 10.1 Å². The number of phenols is 1. The molecule has 0 spiro atoms. The van der Waals surface area contributed by atoms with Gasteiger partial charge in [-0.25, -0.2) is 4.39 Å². The Kier molecular flexibility index (Phi) is 3.58. The van der Waals surface area contributed by atoms with Gasteiger partial charge in [-0.05, 0) is 48.4 Å². The van der Waals surface area contributed by atoms with E-state index in [1.54, 1.807) is 6.07 Å². The molecule has 1 aliphatic heterocycles. The Bertz CT molecular complexity index is 701. The minimum absolute atomic E-state index is 0.0728. The maximum Gasteiger partial charge on any atom is 0.259 e. The van der Waals surface area contributed by atoms with Gasteiger partial charge in [0.1, 0.15) is 11.6 Å². The summed E-state index contributed by atoms with van der Waals surface area (Å²) in [7, 11) is 0. The van der Waals surface area contributed by atoms with Crippen LogP contribution in [0.15, 0.2) is 36.4 Å². The van der Waals surface area contributed by atoms with Crippen LogP contribution in [0.5, 0.6) is 5.75 Å². The van der Waals surface area contributed by atoms with Gasteiger partial charge in [-0.3, -0.25) is 4.79 Å². The Hall–Kier alpha value is -2.40. The van der Waals surface area contributed by atoms with Crippen molar-refractivity contribution < 1.29 is 14.3 Å². The highest BCUT2D eigenvalue weighted by molar-refractivity contribution is 6.06. The molecule has 1 aliphatic rings. The summed E-state index contributed by atoms with van der Waals surface area (Å²) >= 11 is 0. The molecule has 1 amide bonds. The SMILES string of the molecule is O=C(Nc1cccc2c1CNCC2)c1cc(F)ccc1O. The fourth-order valence-corrected chi connectivity index (χ4v) is 2.51. The van der Waals surface area contributed by atoms with Crippen LogP contribution in [0.2, 0.25) is 0 Å². The van der Waals surface area contributed by atoms with Crippen molar-refractivity contribution in [2.45, 2.75) is 13.0 Å². The van der Waals surface area contributed by atoms with Gasteiger partial charge in [0.25, 0.3) is 5.91 Å². The summed E-state index contributed by atoms with van der Waals surface area (Å²) in [6.45, 7) is 1.59. The average molecular weight is 286 g/mol. The molecule has 0 bridgehead atoms. The Morgan fingerprint density at radius 1 is 1.29 bits per heavy atom. The number of nitrogens with one attached hydrogen (secondary N) is 2. The van der Waals surface area contributed by atoms with E-state index < -0.39 is 11.7 Å². The number of carbonyl (C=O) groups is 1. The second-order valence-electron chi connectivity index (χ2n) is 4.99. The van der Waals surface area contributed by atoms with E-state index in [0.29, 0.717) is 12.2 Å². The Morgan fingerprint density at radius 3 is 3.00 bits per heavy atom. The molecule has 0 unspecified atom stereocenters. The van der Waals surface area contributed by atoms with Gasteiger partial charge < -0.3 is 15.7 Å². The average Bonchev–Trinajstić information content (AvgIpc) is 2.50. The molecular weight excluding hydrogens is 271 g/mol. The smallest absolute Gasteiger partial charge is 0.259 e. The summed E-state index contributed by atoms with van der Waals surface area (Å²) in [6, 6.07) is 9.03. The number of benzene rings is 2. The minimum atomic E-state index is -0.560. The van der Waals surface area contributed by atoms with Gasteiger partial charge in [0, 0.05) is 12.2 Å². The summed E-state index contributed by atoms with van der Waals surface area (Å²) < 4.78 is 13.2. The summed E-state index contributed by atoms with van der Waals surface area (Å²) in [5.41, 5.74) is 2.84. The zero-order chi connectivity index (χ0) is 14.8. The number of halogens is 1. The highest BCUT2D eigenvalue weighted by Crippen LogP contribution is 2.25. The first-order valence-corrected chi connectivity index (χ1v) is 6.76. The van der Waals surface area contributed by atoms with Gasteiger partial charge in [0.15, 0.2) is 0 Å². The van der Waals surface area contributed by atoms with E-state index in [1.165, 1.54) is 11.6 Å². The third kappa shape index (κ3) is 2.73. The van der Waals surface area contributed by atoms with Crippen LogP contribution >= 0.6 is 0 Å². The van der Waals surface area contributed by atoms with E-state index in [9.17, 15) is 14.3 Å². The first-order valence-electron chi connectivity index (χ1n) is 6.76. The van der Waals surface area contributed by atoms with Crippen LogP contribution in [-0.2, 0) is 13.0 Å². The van der Waals surface area contributed by atoms with Crippen LogP contribution in [0.25, 0.3) is 0 Å². The molecule has 2 aromatic rings. The molecule has 1 heterocycles. The fourth-order valence-electron chi connectivity index (χ4n) is 2.51. The molecule has 3 rings (SSSR count). The molecule has 0 saturated heterocycles. The molecule has 0 saturated carbocycles. The molecule has 2 aromatic carbocycles. The van der Waals surface area contributed by atoms with Crippen molar-refractivity contribution in [3.63, 3.8) is 0 Å². The van der Waals surface area contributed by atoms with Crippen LogP contribution < -0.4 is 10.6 Å². The summed E-state index contributed by atoms with van der Waals surface area (Å²) in [6.07, 6.45) is 0.907. The van der Waals surface area contributed by atoms with Crippen molar-refractivity contribution in [1.29, 1.82) is 0 Å². The number of hydrogen-bond acceptors (Lipinski definition) is 3. The summed E-state index contributed by atoms with van der Waals surface area (Å²) in [5, 5.41) is 15.7. The molecule has 21 heavy (non-hydrogen) atoms. The minimum Gasteiger partial charge on any atom is -0.507 e. The Balaban J connectivity index is 1.90. The van der Waals surface area contributed by atoms with E-state index in [-0.39, 0.29) is 11.3 Å². The molecule has 5 heteroatoms. The number of carbonyl (C=O) groups excluding carboxylic acids is 1. The normalized spacial score (nSPS) is 13.6. The third-order valence-corrected chi connectivity index (χ3v) is 3.60. The maximum absolute atomic E-state index is 13.2. The third-order valence-electron chi connectivity index (χ3n) is 3.60. The Labute approximate surface area is 121 Å². The zero-order valence-corrected chi connectivity index (χ0v) is 11.3. The predicted octanol–water partition coefficient (Wildman–Crippen LogP) is 2.43. The molecule has 0 aliphatic carbocycles. The Morgan fingerprint density at radius 2 is 2.14 bits per heavy atom. The van der Waals surface area contributed by atoms with Crippen LogP contribution in [-0.4, -0.2) is 17.6 Å². The largest absolute Gasteiger partial charge is 0.507 e. The molecule has 108 valence electrons. The topological polar surface area (TPSA) is 61.4 Å². The monoisotopic (exact) mass is 286 g/mol. The van der Waals surface area contributed by atoms with Crippen molar-refractivity contribution in [1.82, 2.24) is 5.32 Å². The quantitative estimate of drug-likeness (QED) is 0.794. The van der Waals surface area contributed by atoms with E-state index >= 15 is 0 Å². The van der Waals surface area contributed by atoms with Gasteiger partial charge in [-0.2, -0.15) is 0 Å². The molecule has 3 N–H and O–H groups in total. The molecule has 0 aromatic heterocycles. The van der Waals surface area contributed by atoms with Gasteiger partial charge in [-0.1, -0.05) is 12.1 Å². The maximum atomic E-state index is 13.2. The highest BCUT2D eigenvalue weighted by Gasteiger charge is 2.17.